The van der Waals surface area contributed by atoms with Gasteiger partial charge in [0.15, 0.2) is 0 Å². The highest BCUT2D eigenvalue weighted by Crippen LogP contribution is 2.50. The van der Waals surface area contributed by atoms with E-state index in [-0.39, 0.29) is 47.8 Å². The maximum atomic E-state index is 14.8. The van der Waals surface area contributed by atoms with E-state index in [9.17, 15) is 19.2 Å². The summed E-state index contributed by atoms with van der Waals surface area (Å²) < 4.78 is 22.1. The number of likely N-dealkylation sites (tertiary alicyclic amines) is 2. The molecule has 5 fully saturated rings. The number of amides is 4. The third-order valence-corrected chi connectivity index (χ3v) is 16.3. The van der Waals surface area contributed by atoms with E-state index in [0.717, 1.165) is 119 Å². The lowest BCUT2D eigenvalue weighted by Gasteiger charge is -2.37. The summed E-state index contributed by atoms with van der Waals surface area (Å²) in [5.74, 6) is 2.14. The van der Waals surface area contributed by atoms with Crippen LogP contribution >= 0.6 is 0 Å². The monoisotopic (exact) mass is 911 g/mol. The number of aromatic nitrogens is 2. The number of nitrogens with zero attached hydrogens (tertiary/aromatic N) is 4. The molecule has 0 unspecified atom stereocenters. The number of benzene rings is 3. The topological polar surface area (TPSA) is 177 Å². The first kappa shape index (κ1) is 43.6. The van der Waals surface area contributed by atoms with Crippen LogP contribution in [0.2, 0.25) is 0 Å². The Morgan fingerprint density at radius 3 is 2.25 bits per heavy atom. The number of nitrogens with one attached hydrogen (secondary N) is 3. The van der Waals surface area contributed by atoms with Gasteiger partial charge in [-0.2, -0.15) is 0 Å². The van der Waals surface area contributed by atoms with Crippen molar-refractivity contribution in [3.05, 3.63) is 65.6 Å². The van der Waals surface area contributed by atoms with Gasteiger partial charge < -0.3 is 44.4 Å². The van der Waals surface area contributed by atoms with Gasteiger partial charge in [-0.05, 0) is 132 Å². The van der Waals surface area contributed by atoms with E-state index in [1.165, 1.54) is 14.2 Å². The number of hydrogen-bond acceptors (Lipinski definition) is 10. The van der Waals surface area contributed by atoms with Crippen molar-refractivity contribution < 1.29 is 38.1 Å². The Morgan fingerprint density at radius 2 is 1.52 bits per heavy atom. The summed E-state index contributed by atoms with van der Waals surface area (Å²) in [7, 11) is 2.66. The molecule has 0 spiro atoms. The van der Waals surface area contributed by atoms with Crippen LogP contribution in [0.3, 0.4) is 0 Å². The Kier molecular flexibility index (Phi) is 11.5. The van der Waals surface area contributed by atoms with E-state index in [1.807, 2.05) is 24.9 Å². The molecule has 2 saturated carbocycles. The lowest BCUT2D eigenvalue weighted by atomic mass is 9.89. The Hall–Kier alpha value is -5.96. The highest BCUT2D eigenvalue weighted by Gasteiger charge is 2.52. The predicted octanol–water partition coefficient (Wildman–Crippen LogP) is 8.16. The van der Waals surface area contributed by atoms with Gasteiger partial charge in [-0.1, -0.05) is 44.9 Å². The van der Waals surface area contributed by atoms with Crippen LogP contribution < -0.4 is 15.4 Å². The Bertz CT molecular complexity index is 2650. The molecular formula is C52H61N7O8. The maximum Gasteiger partial charge on any atom is 0.407 e. The second kappa shape index (κ2) is 17.6. The van der Waals surface area contributed by atoms with Gasteiger partial charge in [-0.25, -0.2) is 14.6 Å². The third kappa shape index (κ3) is 7.70. The molecule has 15 nitrogen and oxygen atoms in total. The van der Waals surface area contributed by atoms with E-state index in [0.29, 0.717) is 50.9 Å². The molecule has 3 N–H and O–H groups in total. The number of rotatable bonds is 9. The minimum Gasteiger partial charge on any atom is -0.488 e. The van der Waals surface area contributed by atoms with Crippen molar-refractivity contribution in [1.29, 1.82) is 0 Å². The van der Waals surface area contributed by atoms with Crippen molar-refractivity contribution in [3.63, 3.8) is 0 Å². The van der Waals surface area contributed by atoms with E-state index in [1.54, 1.807) is 0 Å². The first-order valence-corrected chi connectivity index (χ1v) is 24.5. The van der Waals surface area contributed by atoms with Gasteiger partial charge in [0.25, 0.3) is 0 Å². The summed E-state index contributed by atoms with van der Waals surface area (Å²) in [6.45, 7) is 5.43. The summed E-state index contributed by atoms with van der Waals surface area (Å²) in [6.07, 6.45) is 10.7. The van der Waals surface area contributed by atoms with Gasteiger partial charge in [0, 0.05) is 43.0 Å². The maximum absolute atomic E-state index is 14.8. The Balaban J connectivity index is 0.836. The van der Waals surface area contributed by atoms with E-state index in [2.05, 4.69) is 63.0 Å². The third-order valence-electron chi connectivity index (χ3n) is 16.3. The number of aliphatic imine (C=N–C) groups is 1. The molecule has 3 aromatic carbocycles. The molecule has 352 valence electrons. The van der Waals surface area contributed by atoms with E-state index < -0.39 is 24.3 Å². The molecule has 4 aromatic rings. The van der Waals surface area contributed by atoms with Crippen molar-refractivity contribution in [2.45, 2.75) is 127 Å². The number of alkyl carbamates (subject to hydrolysis) is 2. The number of carbonyl (C=O) groups is 4. The fourth-order valence-electron chi connectivity index (χ4n) is 12.9. The van der Waals surface area contributed by atoms with Crippen LogP contribution in [0.4, 0.5) is 15.3 Å². The van der Waals surface area contributed by atoms with Crippen LogP contribution in [0, 0.1) is 23.7 Å². The summed E-state index contributed by atoms with van der Waals surface area (Å²) in [4.78, 5) is 71.8. The molecule has 15 heteroatoms. The molecule has 2 aliphatic carbocycles. The largest absolute Gasteiger partial charge is 0.488 e. The van der Waals surface area contributed by atoms with E-state index in [4.69, 9.17) is 28.9 Å². The Morgan fingerprint density at radius 1 is 0.806 bits per heavy atom. The highest BCUT2D eigenvalue weighted by atomic mass is 16.5. The minimum atomic E-state index is -0.698. The predicted molar refractivity (Wildman–Crippen MR) is 251 cm³/mol. The van der Waals surface area contributed by atoms with Crippen LogP contribution in [-0.4, -0.2) is 107 Å². The van der Waals surface area contributed by atoms with Gasteiger partial charge in [-0.3, -0.25) is 14.6 Å². The molecule has 67 heavy (non-hydrogen) atoms. The molecule has 8 atom stereocenters. The van der Waals surface area contributed by atoms with Crippen molar-refractivity contribution in [3.8, 4) is 28.1 Å². The number of H-pyrrole nitrogens is 1. The van der Waals surface area contributed by atoms with Crippen LogP contribution in [-0.2, 0) is 36.8 Å². The van der Waals surface area contributed by atoms with Crippen molar-refractivity contribution >= 4 is 46.2 Å². The zero-order chi connectivity index (χ0) is 46.1. The quantitative estimate of drug-likeness (QED) is 0.150. The average molecular weight is 912 g/mol. The first-order valence-electron chi connectivity index (χ1n) is 24.5. The fourth-order valence-corrected chi connectivity index (χ4v) is 12.9. The van der Waals surface area contributed by atoms with Gasteiger partial charge in [0.1, 0.15) is 30.3 Å². The normalized spacial score (nSPS) is 26.0. The molecule has 5 aliphatic heterocycles. The average Bonchev–Trinajstić information content (AvgIpc) is 4.21. The van der Waals surface area contributed by atoms with Gasteiger partial charge >= 0.3 is 12.2 Å². The summed E-state index contributed by atoms with van der Waals surface area (Å²) >= 11 is 0. The van der Waals surface area contributed by atoms with Crippen LogP contribution in [0.1, 0.15) is 101 Å². The number of imidazole rings is 1. The number of ether oxygens (including phenoxy) is 4. The lowest BCUT2D eigenvalue weighted by molar-refractivity contribution is -0.138. The molecular weight excluding hydrogens is 851 g/mol. The van der Waals surface area contributed by atoms with Gasteiger partial charge in [0.2, 0.25) is 11.8 Å². The van der Waals surface area contributed by atoms with E-state index >= 15 is 0 Å². The molecule has 7 aliphatic rings. The van der Waals surface area contributed by atoms with Crippen molar-refractivity contribution in [1.82, 2.24) is 30.4 Å². The highest BCUT2D eigenvalue weighted by molar-refractivity contribution is 6.07. The number of methoxy groups -OCH3 is 2. The number of fused-ring (bicyclic) bond motifs is 8. The SMILES string of the molecule is COC(=O)N[C@H](C(=O)N1[C@H](c2ncc(-c3ccc4c(c3)COc3cc5c6c(ccc5cc3-4)N=C([C@@H]3C[C@@H]4CCC[C@@H]4N3C(=O)[C@@H](NC(=O)OC)C3CCOCC3)C6)[nH]2)C[C@@H]2CCC[C@@H]21)C(C)C. The molecule has 0 radical (unpaired) electrons. The fraction of sp³-hybridized carbons (Fsp3) is 0.538. The Labute approximate surface area is 390 Å². The number of hydrogen-bond donors (Lipinski definition) is 3. The molecule has 3 saturated heterocycles. The first-order chi connectivity index (χ1) is 32.6. The van der Waals surface area contributed by atoms with Crippen LogP contribution in [0.5, 0.6) is 5.75 Å². The second-order valence-corrected chi connectivity index (χ2v) is 20.2. The number of carbonyl (C=O) groups excluding carboxylic acids is 4. The molecule has 1 aromatic heterocycles. The summed E-state index contributed by atoms with van der Waals surface area (Å²) in [5.41, 5.74) is 8.19. The summed E-state index contributed by atoms with van der Waals surface area (Å²) in [5, 5.41) is 7.94. The zero-order valence-electron chi connectivity index (χ0n) is 38.8. The minimum absolute atomic E-state index is 0.0245. The molecule has 6 heterocycles. The van der Waals surface area contributed by atoms with Gasteiger partial charge in [-0.15, -0.1) is 0 Å². The molecule has 0 bridgehead atoms. The van der Waals surface area contributed by atoms with Crippen LogP contribution in [0.15, 0.2) is 53.7 Å². The lowest BCUT2D eigenvalue weighted by Crippen LogP contribution is -2.57. The standard InChI is InChI=1S/C52H61N7O8/c1-27(2)46(56-51(62)64-3)49(60)59-42-10-6-8-32(42)22-44(59)48-53-25-40(55-48)30-11-13-34-33(19-30)26-67-45-24-35-29(20-37(34)45)12-14-38-36(35)23-39(54-38)43-21-31-7-5-9-41(31)58(43)50(61)47(57-52(63)65-4)28-15-17-66-18-16-28/h11-14,19-20,24-25,27-28,31-32,41-44,46-47H,5-10,15-18,21-23,26H2,1-4H3,(H,53,55)(H,56,62)(H,57,63)/t31-,32-,41-,42-,43-,44-,46-,47-/m0/s1. The smallest absolute Gasteiger partial charge is 0.407 e. The summed E-state index contributed by atoms with van der Waals surface area (Å²) in [6, 6.07) is 13.6. The number of aromatic amines is 1. The van der Waals surface area contributed by atoms with Gasteiger partial charge in [0.05, 0.1) is 43.9 Å². The zero-order valence-corrected chi connectivity index (χ0v) is 38.8. The molecule has 11 rings (SSSR count). The molecule has 4 amide bonds. The van der Waals surface area contributed by atoms with Crippen LogP contribution in [0.25, 0.3) is 33.2 Å². The van der Waals surface area contributed by atoms with Crippen molar-refractivity contribution in [2.75, 3.05) is 27.4 Å². The van der Waals surface area contributed by atoms with Crippen molar-refractivity contribution in [2.24, 2.45) is 28.7 Å². The second-order valence-electron chi connectivity index (χ2n) is 20.2.